The van der Waals surface area contributed by atoms with Gasteiger partial charge in [0.25, 0.3) is 0 Å². The quantitative estimate of drug-likeness (QED) is 0.697. The van der Waals surface area contributed by atoms with E-state index >= 15 is 0 Å². The van der Waals surface area contributed by atoms with Gasteiger partial charge in [-0.25, -0.2) is 4.39 Å². The number of benzene rings is 1. The molecular formula is C10H11BrClF. The summed E-state index contributed by atoms with van der Waals surface area (Å²) in [6.07, 6.45) is 0. The Kier molecular flexibility index (Phi) is 3.74. The highest BCUT2D eigenvalue weighted by Crippen LogP contribution is 2.30. The summed E-state index contributed by atoms with van der Waals surface area (Å²) in [5.74, 6) is -0.00345. The molecule has 0 saturated carbocycles. The van der Waals surface area contributed by atoms with Crippen molar-refractivity contribution in [2.24, 2.45) is 0 Å². The predicted octanol–water partition coefficient (Wildman–Crippen LogP) is 4.37. The van der Waals surface area contributed by atoms with E-state index in [0.29, 0.717) is 9.85 Å². The summed E-state index contributed by atoms with van der Waals surface area (Å²) in [4.78, 5) is 0.329. The molecule has 0 bridgehead atoms. The first kappa shape index (κ1) is 11.0. The van der Waals surface area contributed by atoms with E-state index in [2.05, 4.69) is 22.9 Å². The minimum Gasteiger partial charge on any atom is -0.207 e. The zero-order chi connectivity index (χ0) is 10.0. The number of halogens is 3. The van der Waals surface area contributed by atoms with Gasteiger partial charge in [-0.05, 0) is 23.6 Å². The Morgan fingerprint density at radius 2 is 2.00 bits per heavy atom. The maximum Gasteiger partial charge on any atom is 0.124 e. The van der Waals surface area contributed by atoms with Gasteiger partial charge in [0, 0.05) is 9.85 Å². The molecule has 2 atom stereocenters. The summed E-state index contributed by atoms with van der Waals surface area (Å²) >= 11 is 9.38. The summed E-state index contributed by atoms with van der Waals surface area (Å²) in [6.45, 7) is 4.10. The second kappa shape index (κ2) is 4.43. The minimum atomic E-state index is -0.289. The second-order valence-electron chi connectivity index (χ2n) is 3.13. The first-order valence-electron chi connectivity index (χ1n) is 4.11. The van der Waals surface area contributed by atoms with E-state index in [1.54, 1.807) is 6.07 Å². The molecule has 0 fully saturated rings. The Balaban J connectivity index is 3.01. The van der Waals surface area contributed by atoms with Crippen LogP contribution in [0.5, 0.6) is 0 Å². The normalized spacial score (nSPS) is 15.5. The zero-order valence-electron chi connectivity index (χ0n) is 7.52. The van der Waals surface area contributed by atoms with Gasteiger partial charge in [0.2, 0.25) is 0 Å². The molecule has 0 spiro atoms. The van der Waals surface area contributed by atoms with E-state index in [4.69, 9.17) is 11.6 Å². The van der Waals surface area contributed by atoms with Crippen molar-refractivity contribution >= 4 is 27.5 Å². The lowest BCUT2D eigenvalue weighted by molar-refractivity contribution is 0.625. The zero-order valence-corrected chi connectivity index (χ0v) is 9.86. The lowest BCUT2D eigenvalue weighted by atomic mass is 9.99. The van der Waals surface area contributed by atoms with Gasteiger partial charge >= 0.3 is 0 Å². The van der Waals surface area contributed by atoms with Gasteiger partial charge in [-0.1, -0.05) is 47.4 Å². The highest BCUT2D eigenvalue weighted by molar-refractivity contribution is 9.09. The Hall–Kier alpha value is -0.0800. The highest BCUT2D eigenvalue weighted by Gasteiger charge is 2.14. The molecule has 0 aliphatic heterocycles. The van der Waals surface area contributed by atoms with E-state index in [1.807, 2.05) is 6.92 Å². The van der Waals surface area contributed by atoms with Crippen LogP contribution >= 0.6 is 27.5 Å². The van der Waals surface area contributed by atoms with Crippen LogP contribution in [-0.4, -0.2) is 4.83 Å². The summed E-state index contributed by atoms with van der Waals surface area (Å²) in [5, 5.41) is 0.499. The number of hydrogen-bond acceptors (Lipinski definition) is 0. The third kappa shape index (κ3) is 2.68. The first-order chi connectivity index (χ1) is 6.02. The minimum absolute atomic E-state index is 0.285. The summed E-state index contributed by atoms with van der Waals surface area (Å²) < 4.78 is 12.7. The third-order valence-electron chi connectivity index (χ3n) is 2.14. The van der Waals surface area contributed by atoms with Crippen molar-refractivity contribution in [3.63, 3.8) is 0 Å². The third-order valence-corrected chi connectivity index (χ3v) is 3.26. The maximum absolute atomic E-state index is 12.7. The van der Waals surface area contributed by atoms with Crippen LogP contribution in [0.3, 0.4) is 0 Å². The van der Waals surface area contributed by atoms with Gasteiger partial charge in [-0.15, -0.1) is 0 Å². The van der Waals surface area contributed by atoms with Crippen molar-refractivity contribution in [2.45, 2.75) is 24.6 Å². The fourth-order valence-corrected chi connectivity index (χ4v) is 1.74. The van der Waals surface area contributed by atoms with Crippen molar-refractivity contribution in [1.29, 1.82) is 0 Å². The SMILES string of the molecule is CC(Br)C(C)c1ccc(F)cc1Cl. The van der Waals surface area contributed by atoms with E-state index in [-0.39, 0.29) is 11.7 Å². The summed E-state index contributed by atoms with van der Waals surface area (Å²) in [6, 6.07) is 4.52. The number of hydrogen-bond donors (Lipinski definition) is 0. The molecule has 0 aliphatic carbocycles. The van der Waals surface area contributed by atoms with Crippen LogP contribution in [0.4, 0.5) is 4.39 Å². The van der Waals surface area contributed by atoms with Gasteiger partial charge in [-0.2, -0.15) is 0 Å². The van der Waals surface area contributed by atoms with Gasteiger partial charge < -0.3 is 0 Å². The molecule has 0 saturated heterocycles. The number of rotatable bonds is 2. The molecule has 0 nitrogen and oxygen atoms in total. The van der Waals surface area contributed by atoms with Crippen LogP contribution in [0.2, 0.25) is 5.02 Å². The van der Waals surface area contributed by atoms with Gasteiger partial charge in [0.15, 0.2) is 0 Å². The molecular weight excluding hydrogens is 254 g/mol. The topological polar surface area (TPSA) is 0 Å². The molecule has 1 aromatic carbocycles. The highest BCUT2D eigenvalue weighted by atomic mass is 79.9. The average molecular weight is 266 g/mol. The van der Waals surface area contributed by atoms with Crippen LogP contribution in [0.1, 0.15) is 25.3 Å². The lowest BCUT2D eigenvalue weighted by Crippen LogP contribution is -2.05. The molecule has 72 valence electrons. The van der Waals surface area contributed by atoms with E-state index in [0.717, 1.165) is 5.56 Å². The fourth-order valence-electron chi connectivity index (χ4n) is 1.12. The monoisotopic (exact) mass is 264 g/mol. The fraction of sp³-hybridized carbons (Fsp3) is 0.400. The smallest absolute Gasteiger partial charge is 0.124 e. The molecule has 0 heterocycles. The van der Waals surface area contributed by atoms with Crippen molar-refractivity contribution in [1.82, 2.24) is 0 Å². The van der Waals surface area contributed by atoms with E-state index in [9.17, 15) is 4.39 Å². The maximum atomic E-state index is 12.7. The summed E-state index contributed by atoms with van der Waals surface area (Å²) in [5.41, 5.74) is 0.979. The molecule has 13 heavy (non-hydrogen) atoms. The van der Waals surface area contributed by atoms with Crippen LogP contribution in [0.15, 0.2) is 18.2 Å². The van der Waals surface area contributed by atoms with Crippen LogP contribution < -0.4 is 0 Å². The molecule has 3 heteroatoms. The molecule has 1 aromatic rings. The van der Waals surface area contributed by atoms with Crippen molar-refractivity contribution in [3.05, 3.63) is 34.6 Å². The Bertz CT molecular complexity index is 299. The largest absolute Gasteiger partial charge is 0.207 e. The summed E-state index contributed by atoms with van der Waals surface area (Å²) in [7, 11) is 0. The Morgan fingerprint density at radius 3 is 2.46 bits per heavy atom. The van der Waals surface area contributed by atoms with Crippen LogP contribution in [-0.2, 0) is 0 Å². The Morgan fingerprint density at radius 1 is 1.38 bits per heavy atom. The molecule has 0 aliphatic rings. The predicted molar refractivity (Wildman–Crippen MR) is 58.2 cm³/mol. The van der Waals surface area contributed by atoms with E-state index < -0.39 is 0 Å². The second-order valence-corrected chi connectivity index (χ2v) is 4.98. The molecule has 2 unspecified atom stereocenters. The van der Waals surface area contributed by atoms with Gasteiger partial charge in [0.05, 0.1) is 0 Å². The molecule has 0 N–H and O–H groups in total. The van der Waals surface area contributed by atoms with Crippen molar-refractivity contribution < 1.29 is 4.39 Å². The van der Waals surface area contributed by atoms with Crippen molar-refractivity contribution in [2.75, 3.05) is 0 Å². The molecule has 0 radical (unpaired) electrons. The van der Waals surface area contributed by atoms with E-state index in [1.165, 1.54) is 12.1 Å². The number of alkyl halides is 1. The standard InChI is InChI=1S/C10H11BrClF/c1-6(7(2)11)9-4-3-8(13)5-10(9)12/h3-7H,1-2H3. The average Bonchev–Trinajstić information content (AvgIpc) is 2.03. The van der Waals surface area contributed by atoms with Crippen LogP contribution in [0.25, 0.3) is 0 Å². The Labute approximate surface area is 91.2 Å². The van der Waals surface area contributed by atoms with Crippen molar-refractivity contribution in [3.8, 4) is 0 Å². The molecule has 1 rings (SSSR count). The molecule has 0 amide bonds. The van der Waals surface area contributed by atoms with Gasteiger partial charge in [0.1, 0.15) is 5.82 Å². The molecule has 0 aromatic heterocycles. The van der Waals surface area contributed by atoms with Gasteiger partial charge in [-0.3, -0.25) is 0 Å². The first-order valence-corrected chi connectivity index (χ1v) is 5.40. The van der Waals surface area contributed by atoms with Crippen LogP contribution in [0, 0.1) is 5.82 Å². The lowest BCUT2D eigenvalue weighted by Gasteiger charge is -2.15.